The molecule has 124 valence electrons. The summed E-state index contributed by atoms with van der Waals surface area (Å²) in [5.41, 5.74) is 3.31. The molecular weight excluding hydrogens is 347 g/mol. The summed E-state index contributed by atoms with van der Waals surface area (Å²) in [6.45, 7) is 0.0215. The number of aliphatic hydroxyl groups excluding tert-OH is 1. The lowest BCUT2D eigenvalue weighted by Crippen LogP contribution is -2.15. The van der Waals surface area contributed by atoms with Crippen molar-refractivity contribution in [3.05, 3.63) is 81.7 Å². The molecule has 2 aromatic carbocycles. The standard InChI is InChI=1S/C18H16Cl2N2O2/c19-14-7-5-12(6-8-14)17(18-13(9-10-23)11-24-22-18)21-16-4-2-1-3-15(16)20/h1-8,11,17,21,23H,9-10H2. The topological polar surface area (TPSA) is 58.3 Å². The molecule has 24 heavy (non-hydrogen) atoms. The quantitative estimate of drug-likeness (QED) is 0.666. The number of hydrogen-bond acceptors (Lipinski definition) is 4. The monoisotopic (exact) mass is 362 g/mol. The van der Waals surface area contributed by atoms with Crippen molar-refractivity contribution >= 4 is 28.9 Å². The minimum absolute atomic E-state index is 0.0215. The first-order chi connectivity index (χ1) is 11.7. The Morgan fingerprint density at radius 2 is 1.83 bits per heavy atom. The number of nitrogens with zero attached hydrogens (tertiary/aromatic N) is 1. The van der Waals surface area contributed by atoms with Crippen LogP contribution >= 0.6 is 23.2 Å². The maximum atomic E-state index is 9.26. The minimum Gasteiger partial charge on any atom is -0.396 e. The highest BCUT2D eigenvalue weighted by Crippen LogP contribution is 2.32. The van der Waals surface area contributed by atoms with Crippen LogP contribution in [0.4, 0.5) is 5.69 Å². The lowest BCUT2D eigenvalue weighted by Gasteiger charge is -2.20. The van der Waals surface area contributed by atoms with Gasteiger partial charge in [0.2, 0.25) is 0 Å². The molecule has 1 unspecified atom stereocenters. The molecule has 1 aromatic heterocycles. The molecule has 0 saturated heterocycles. The second-order valence-corrected chi connectivity index (χ2v) is 6.15. The minimum atomic E-state index is -0.275. The van der Waals surface area contributed by atoms with Gasteiger partial charge in [-0.25, -0.2) is 0 Å². The summed E-state index contributed by atoms with van der Waals surface area (Å²) in [6.07, 6.45) is 2.02. The van der Waals surface area contributed by atoms with Crippen LogP contribution in [0.1, 0.15) is 22.9 Å². The molecule has 0 fully saturated rings. The molecule has 4 nitrogen and oxygen atoms in total. The van der Waals surface area contributed by atoms with Gasteiger partial charge in [-0.1, -0.05) is 52.6 Å². The van der Waals surface area contributed by atoms with Crippen molar-refractivity contribution in [1.82, 2.24) is 5.16 Å². The zero-order valence-electron chi connectivity index (χ0n) is 12.7. The van der Waals surface area contributed by atoms with Gasteiger partial charge in [0.1, 0.15) is 12.0 Å². The summed E-state index contributed by atoms with van der Waals surface area (Å²) in [6, 6.07) is 14.7. The predicted molar refractivity (Wildman–Crippen MR) is 95.7 cm³/mol. The number of aliphatic hydroxyl groups is 1. The van der Waals surface area contributed by atoms with Crippen molar-refractivity contribution in [3.63, 3.8) is 0 Å². The Kier molecular flexibility index (Phi) is 5.41. The van der Waals surface area contributed by atoms with E-state index in [-0.39, 0.29) is 12.6 Å². The Labute approximate surface area is 150 Å². The Hall–Kier alpha value is -2.01. The number of nitrogens with one attached hydrogen (secondary N) is 1. The molecule has 0 aliphatic heterocycles. The lowest BCUT2D eigenvalue weighted by atomic mass is 9.99. The molecule has 0 spiro atoms. The molecule has 1 atom stereocenters. The highest BCUT2D eigenvalue weighted by molar-refractivity contribution is 6.33. The number of anilines is 1. The first-order valence-electron chi connectivity index (χ1n) is 7.49. The van der Waals surface area contributed by atoms with E-state index in [0.717, 1.165) is 16.8 Å². The van der Waals surface area contributed by atoms with Crippen LogP contribution in [0.2, 0.25) is 10.0 Å². The van der Waals surface area contributed by atoms with Gasteiger partial charge in [0, 0.05) is 23.6 Å². The molecule has 6 heteroatoms. The number of aromatic nitrogens is 1. The van der Waals surface area contributed by atoms with Crippen molar-refractivity contribution < 1.29 is 9.63 Å². The predicted octanol–water partition coefficient (Wildman–Crippen LogP) is 4.72. The molecule has 2 N–H and O–H groups in total. The van der Waals surface area contributed by atoms with Gasteiger partial charge in [-0.05, 0) is 29.8 Å². The van der Waals surface area contributed by atoms with Crippen molar-refractivity contribution in [2.45, 2.75) is 12.5 Å². The fourth-order valence-corrected chi connectivity index (χ4v) is 2.83. The number of halogens is 2. The van der Waals surface area contributed by atoms with Crippen molar-refractivity contribution in [2.24, 2.45) is 0 Å². The van der Waals surface area contributed by atoms with E-state index in [0.29, 0.717) is 22.2 Å². The van der Waals surface area contributed by atoms with E-state index >= 15 is 0 Å². The third-order valence-electron chi connectivity index (χ3n) is 3.71. The first-order valence-corrected chi connectivity index (χ1v) is 8.25. The van der Waals surface area contributed by atoms with Crippen LogP contribution < -0.4 is 5.32 Å². The smallest absolute Gasteiger partial charge is 0.127 e. The van der Waals surface area contributed by atoms with E-state index in [1.165, 1.54) is 0 Å². The fraction of sp³-hybridized carbons (Fsp3) is 0.167. The largest absolute Gasteiger partial charge is 0.396 e. The number of para-hydroxylation sites is 1. The van der Waals surface area contributed by atoms with Crippen molar-refractivity contribution in [2.75, 3.05) is 11.9 Å². The van der Waals surface area contributed by atoms with Gasteiger partial charge in [0.05, 0.1) is 16.8 Å². The summed E-state index contributed by atoms with van der Waals surface area (Å²) in [5, 5.41) is 18.1. The number of benzene rings is 2. The van der Waals surface area contributed by atoms with Gasteiger partial charge in [0.15, 0.2) is 0 Å². The van der Waals surface area contributed by atoms with Crippen LogP contribution in [0.3, 0.4) is 0 Å². The summed E-state index contributed by atoms with van der Waals surface area (Å²) >= 11 is 12.3. The van der Waals surface area contributed by atoms with E-state index in [1.54, 1.807) is 6.26 Å². The molecule has 0 aliphatic rings. The first kappa shape index (κ1) is 16.8. The van der Waals surface area contributed by atoms with Crippen LogP contribution in [-0.2, 0) is 6.42 Å². The van der Waals surface area contributed by atoms with E-state index in [4.69, 9.17) is 27.7 Å². The van der Waals surface area contributed by atoms with Gasteiger partial charge in [-0.15, -0.1) is 0 Å². The number of hydrogen-bond donors (Lipinski definition) is 2. The second-order valence-electron chi connectivity index (χ2n) is 5.31. The van der Waals surface area contributed by atoms with E-state index in [1.807, 2.05) is 48.5 Å². The van der Waals surface area contributed by atoms with E-state index in [2.05, 4.69) is 10.5 Å². The Balaban J connectivity index is 2.02. The summed E-state index contributed by atoms with van der Waals surface area (Å²) in [7, 11) is 0. The number of rotatable bonds is 6. The SMILES string of the molecule is OCCc1conc1C(Nc1ccccc1Cl)c1ccc(Cl)cc1. The van der Waals surface area contributed by atoms with Crippen LogP contribution in [0.25, 0.3) is 0 Å². The lowest BCUT2D eigenvalue weighted by molar-refractivity contribution is 0.299. The Morgan fingerprint density at radius 1 is 1.08 bits per heavy atom. The third kappa shape index (κ3) is 3.73. The molecular formula is C18H16Cl2N2O2. The maximum absolute atomic E-state index is 9.26. The molecule has 0 amide bonds. The average molecular weight is 363 g/mol. The average Bonchev–Trinajstić information content (AvgIpc) is 3.04. The van der Waals surface area contributed by atoms with Gasteiger partial charge < -0.3 is 14.9 Å². The highest BCUT2D eigenvalue weighted by Gasteiger charge is 2.22. The van der Waals surface area contributed by atoms with E-state index < -0.39 is 0 Å². The highest BCUT2D eigenvalue weighted by atomic mass is 35.5. The summed E-state index contributed by atoms with van der Waals surface area (Å²) in [4.78, 5) is 0. The van der Waals surface area contributed by atoms with Crippen molar-refractivity contribution in [3.8, 4) is 0 Å². The molecule has 1 heterocycles. The molecule has 0 saturated carbocycles. The van der Waals surface area contributed by atoms with Crippen LogP contribution in [-0.4, -0.2) is 16.9 Å². The Bertz CT molecular complexity index is 803. The Morgan fingerprint density at radius 3 is 2.54 bits per heavy atom. The maximum Gasteiger partial charge on any atom is 0.127 e. The molecule has 0 aliphatic carbocycles. The van der Waals surface area contributed by atoms with E-state index in [9.17, 15) is 5.11 Å². The van der Waals surface area contributed by atoms with Gasteiger partial charge >= 0.3 is 0 Å². The molecule has 3 rings (SSSR count). The van der Waals surface area contributed by atoms with Gasteiger partial charge in [-0.2, -0.15) is 0 Å². The zero-order chi connectivity index (χ0) is 16.9. The molecule has 0 radical (unpaired) electrons. The normalized spacial score (nSPS) is 12.1. The fourth-order valence-electron chi connectivity index (χ4n) is 2.51. The third-order valence-corrected chi connectivity index (χ3v) is 4.29. The molecule has 3 aromatic rings. The van der Waals surface area contributed by atoms with Crippen LogP contribution in [0.5, 0.6) is 0 Å². The second kappa shape index (κ2) is 7.71. The van der Waals surface area contributed by atoms with Gasteiger partial charge in [0.25, 0.3) is 0 Å². The summed E-state index contributed by atoms with van der Waals surface area (Å²) < 4.78 is 5.13. The molecule has 0 bridgehead atoms. The van der Waals surface area contributed by atoms with Crippen LogP contribution in [0.15, 0.2) is 59.3 Å². The van der Waals surface area contributed by atoms with Crippen LogP contribution in [0, 0.1) is 0 Å². The zero-order valence-corrected chi connectivity index (χ0v) is 14.3. The van der Waals surface area contributed by atoms with Gasteiger partial charge in [-0.3, -0.25) is 0 Å². The summed E-state index contributed by atoms with van der Waals surface area (Å²) in [5.74, 6) is 0. The van der Waals surface area contributed by atoms with Crippen molar-refractivity contribution in [1.29, 1.82) is 0 Å².